The Hall–Kier alpha value is -1.98. The van der Waals surface area contributed by atoms with Gasteiger partial charge in [0.25, 0.3) is 5.56 Å². The first-order valence-corrected chi connectivity index (χ1v) is 5.36. The molecule has 0 atom stereocenters. The third-order valence-corrected chi connectivity index (χ3v) is 3.02. The van der Waals surface area contributed by atoms with Crippen LogP contribution < -0.4 is 21.0 Å². The van der Waals surface area contributed by atoms with E-state index in [9.17, 15) is 9.59 Å². The van der Waals surface area contributed by atoms with Gasteiger partial charge >= 0.3 is 5.69 Å². The van der Waals surface area contributed by atoms with Crippen LogP contribution in [0.5, 0.6) is 0 Å². The lowest BCUT2D eigenvalue weighted by Gasteiger charge is -2.15. The predicted molar refractivity (Wildman–Crippen MR) is 67.7 cm³/mol. The maximum Gasteiger partial charge on any atom is 0.332 e. The van der Waals surface area contributed by atoms with Gasteiger partial charge in [-0.15, -0.1) is 6.58 Å². The van der Waals surface area contributed by atoms with Gasteiger partial charge in [0.1, 0.15) is 11.5 Å². The largest absolute Gasteiger partial charge is 0.343 e. The molecule has 1 aromatic heterocycles. The fourth-order valence-corrected chi connectivity index (χ4v) is 2.23. The summed E-state index contributed by atoms with van der Waals surface area (Å²) in [6, 6.07) is 0. The van der Waals surface area contributed by atoms with Crippen LogP contribution in [0.15, 0.2) is 22.2 Å². The van der Waals surface area contributed by atoms with Crippen LogP contribution in [-0.4, -0.2) is 29.4 Å². The number of hydrogen-bond donors (Lipinski definition) is 0. The molecule has 0 fully saturated rings. The Labute approximate surface area is 99.0 Å². The van der Waals surface area contributed by atoms with Gasteiger partial charge in [-0.3, -0.25) is 13.9 Å². The highest BCUT2D eigenvalue weighted by molar-refractivity contribution is 5.71. The zero-order valence-electron chi connectivity index (χ0n) is 10.3. The van der Waals surface area contributed by atoms with Crippen molar-refractivity contribution < 1.29 is 0 Å². The Kier molecular flexibility index (Phi) is 2.57. The number of fused-ring (bicyclic) bond motifs is 1. The zero-order valence-corrected chi connectivity index (χ0v) is 10.3. The van der Waals surface area contributed by atoms with Gasteiger partial charge in [0, 0.05) is 27.7 Å². The van der Waals surface area contributed by atoms with Crippen LogP contribution in [0.4, 0.5) is 11.5 Å². The van der Waals surface area contributed by atoms with E-state index >= 15 is 0 Å². The molecular weight excluding hydrogens is 220 g/mol. The average molecular weight is 236 g/mol. The minimum absolute atomic E-state index is 0.255. The molecule has 0 N–H and O–H groups in total. The van der Waals surface area contributed by atoms with Gasteiger partial charge in [0.2, 0.25) is 0 Å². The first-order valence-electron chi connectivity index (χ1n) is 5.36. The summed E-state index contributed by atoms with van der Waals surface area (Å²) in [6.07, 6.45) is 1.74. The lowest BCUT2D eigenvalue weighted by molar-refractivity contribution is 0.689. The average Bonchev–Trinajstić information content (AvgIpc) is 2.61. The second kappa shape index (κ2) is 3.80. The van der Waals surface area contributed by atoms with E-state index in [1.807, 2.05) is 16.8 Å². The minimum atomic E-state index is -0.305. The summed E-state index contributed by atoms with van der Waals surface area (Å²) in [6.45, 7) is 4.86. The summed E-state index contributed by atoms with van der Waals surface area (Å²) in [7, 11) is 5.03. The predicted octanol–water partition coefficient (Wildman–Crippen LogP) is -0.516. The van der Waals surface area contributed by atoms with E-state index < -0.39 is 0 Å². The van der Waals surface area contributed by atoms with Gasteiger partial charge in [0.15, 0.2) is 0 Å². The van der Waals surface area contributed by atoms with E-state index in [0.29, 0.717) is 24.7 Å². The maximum absolute atomic E-state index is 12.1. The smallest absolute Gasteiger partial charge is 0.332 e. The topological polar surface area (TPSA) is 50.5 Å². The molecule has 0 bridgehead atoms. The van der Waals surface area contributed by atoms with E-state index in [1.165, 1.54) is 11.6 Å². The van der Waals surface area contributed by atoms with Gasteiger partial charge in [-0.05, 0) is 0 Å². The van der Waals surface area contributed by atoms with Crippen molar-refractivity contribution in [3.63, 3.8) is 0 Å². The highest BCUT2D eigenvalue weighted by Gasteiger charge is 2.29. The Balaban J connectivity index is 2.78. The quantitative estimate of drug-likeness (QED) is 0.649. The molecule has 6 heteroatoms. The molecule has 0 saturated heterocycles. The molecule has 1 aliphatic heterocycles. The maximum atomic E-state index is 12.1. The monoisotopic (exact) mass is 236 g/mol. The summed E-state index contributed by atoms with van der Waals surface area (Å²) in [5, 5.41) is 0. The van der Waals surface area contributed by atoms with Crippen molar-refractivity contribution in [2.45, 2.75) is 0 Å². The second-order valence-electron chi connectivity index (χ2n) is 4.23. The highest BCUT2D eigenvalue weighted by Crippen LogP contribution is 2.29. The molecule has 0 aliphatic carbocycles. The Morgan fingerprint density at radius 1 is 1.24 bits per heavy atom. The molecule has 2 rings (SSSR count). The lowest BCUT2D eigenvalue weighted by atomic mass is 10.4. The summed E-state index contributed by atoms with van der Waals surface area (Å²) in [4.78, 5) is 27.7. The lowest BCUT2D eigenvalue weighted by Crippen LogP contribution is -2.39. The van der Waals surface area contributed by atoms with Crippen molar-refractivity contribution in [1.29, 1.82) is 0 Å². The minimum Gasteiger partial charge on any atom is -0.343 e. The molecule has 92 valence electrons. The van der Waals surface area contributed by atoms with Crippen LogP contribution in [0.3, 0.4) is 0 Å². The van der Waals surface area contributed by atoms with Crippen molar-refractivity contribution in [2.75, 3.05) is 30.1 Å². The normalized spacial score (nSPS) is 14.1. The zero-order chi connectivity index (χ0) is 12.7. The number of nitrogens with zero attached hydrogens (tertiary/aromatic N) is 4. The van der Waals surface area contributed by atoms with Gasteiger partial charge in [0.05, 0.1) is 6.67 Å². The van der Waals surface area contributed by atoms with Crippen LogP contribution in [0.1, 0.15) is 0 Å². The molecular formula is C11H16N4O2. The van der Waals surface area contributed by atoms with Crippen LogP contribution in [0, 0.1) is 0 Å². The van der Waals surface area contributed by atoms with E-state index in [4.69, 9.17) is 0 Å². The van der Waals surface area contributed by atoms with Crippen molar-refractivity contribution in [2.24, 2.45) is 14.1 Å². The van der Waals surface area contributed by atoms with Crippen molar-refractivity contribution >= 4 is 11.5 Å². The summed E-state index contributed by atoms with van der Waals surface area (Å²) < 4.78 is 2.63. The Morgan fingerprint density at radius 3 is 2.47 bits per heavy atom. The number of hydrogen-bond acceptors (Lipinski definition) is 4. The highest BCUT2D eigenvalue weighted by atomic mass is 16.2. The number of rotatable bonds is 2. The number of anilines is 2. The molecule has 1 aliphatic rings. The molecule has 0 amide bonds. The number of aromatic nitrogens is 2. The molecule has 0 aromatic carbocycles. The Bertz CT molecular complexity index is 584. The molecule has 17 heavy (non-hydrogen) atoms. The van der Waals surface area contributed by atoms with Gasteiger partial charge in [-0.25, -0.2) is 4.79 Å². The molecule has 6 nitrogen and oxygen atoms in total. The third kappa shape index (κ3) is 1.48. The van der Waals surface area contributed by atoms with Crippen molar-refractivity contribution in [1.82, 2.24) is 9.13 Å². The Morgan fingerprint density at radius 2 is 1.88 bits per heavy atom. The molecule has 0 spiro atoms. The SMILES string of the molecule is C=CCN1CN(C)c2c1c(=O)n(C)c(=O)n2C. The molecule has 0 unspecified atom stereocenters. The van der Waals surface area contributed by atoms with Crippen molar-refractivity contribution in [3.05, 3.63) is 33.5 Å². The molecule has 1 aromatic rings. The molecule has 2 heterocycles. The van der Waals surface area contributed by atoms with Crippen LogP contribution >= 0.6 is 0 Å². The standard InChI is InChI=1S/C11H16N4O2/c1-5-6-15-7-12(2)9-8(15)10(16)14(4)11(17)13(9)3/h5H,1,6-7H2,2-4H3. The van der Waals surface area contributed by atoms with E-state index in [-0.39, 0.29) is 11.2 Å². The van der Waals surface area contributed by atoms with E-state index in [1.54, 1.807) is 13.1 Å². The fraction of sp³-hybridized carbons (Fsp3) is 0.455. The first-order chi connectivity index (χ1) is 7.99. The van der Waals surface area contributed by atoms with E-state index in [2.05, 4.69) is 6.58 Å². The molecule has 0 saturated carbocycles. The van der Waals surface area contributed by atoms with Crippen molar-refractivity contribution in [3.8, 4) is 0 Å². The van der Waals surface area contributed by atoms with Gasteiger partial charge in [-0.2, -0.15) is 0 Å². The summed E-state index contributed by atoms with van der Waals surface area (Å²) in [5.74, 6) is 0.667. The second-order valence-corrected chi connectivity index (χ2v) is 4.23. The first kappa shape index (κ1) is 11.5. The van der Waals surface area contributed by atoms with E-state index in [0.717, 1.165) is 4.57 Å². The summed E-state index contributed by atoms with van der Waals surface area (Å²) in [5.41, 5.74) is 0.00681. The molecule has 0 radical (unpaired) electrons. The van der Waals surface area contributed by atoms with Crippen LogP contribution in [0.2, 0.25) is 0 Å². The third-order valence-electron chi connectivity index (χ3n) is 3.02. The van der Waals surface area contributed by atoms with Gasteiger partial charge in [-0.1, -0.05) is 6.08 Å². The fourth-order valence-electron chi connectivity index (χ4n) is 2.23. The van der Waals surface area contributed by atoms with Gasteiger partial charge < -0.3 is 9.80 Å². The van der Waals surface area contributed by atoms with Crippen LogP contribution in [0.25, 0.3) is 0 Å². The summed E-state index contributed by atoms with van der Waals surface area (Å²) >= 11 is 0. The van der Waals surface area contributed by atoms with Crippen LogP contribution in [-0.2, 0) is 14.1 Å².